The molecule has 0 radical (unpaired) electrons. The number of hydrogen-bond donors (Lipinski definition) is 0. The molecule has 0 aliphatic rings. The van der Waals surface area contributed by atoms with Crippen LogP contribution in [0, 0.1) is 11.7 Å². The van der Waals surface area contributed by atoms with E-state index in [4.69, 9.17) is 0 Å². The van der Waals surface area contributed by atoms with E-state index >= 15 is 0 Å². The number of unbranched alkanes of at least 4 members (excludes halogenated alkanes) is 2. The topological polar surface area (TPSA) is 17.1 Å². The molecule has 2 unspecified atom stereocenters. The van der Waals surface area contributed by atoms with Crippen LogP contribution in [0.4, 0.5) is 4.39 Å². The van der Waals surface area contributed by atoms with E-state index in [0.29, 0.717) is 5.92 Å². The summed E-state index contributed by atoms with van der Waals surface area (Å²) >= 11 is 0. The summed E-state index contributed by atoms with van der Waals surface area (Å²) in [5.41, 5.74) is 3.93. The fourth-order valence-electron chi connectivity index (χ4n) is 2.69. The summed E-state index contributed by atoms with van der Waals surface area (Å²) in [6.45, 7) is 7.39. The average molecular weight is 302 g/mol. The van der Waals surface area contributed by atoms with Gasteiger partial charge in [0.25, 0.3) is 0 Å². The summed E-state index contributed by atoms with van der Waals surface area (Å²) < 4.78 is 12.9. The lowest BCUT2D eigenvalue weighted by molar-refractivity contribution is -0.120. The molecule has 1 nitrogen and oxygen atoms in total. The van der Waals surface area contributed by atoms with Gasteiger partial charge in [-0.2, -0.15) is 0 Å². The predicted molar refractivity (Wildman–Crippen MR) is 90.4 cm³/mol. The second-order valence-corrected chi connectivity index (χ2v) is 6.04. The number of allylic oxidation sites excluding steroid dienone is 1. The summed E-state index contributed by atoms with van der Waals surface area (Å²) in [5, 5.41) is 0. The third-order valence-corrected chi connectivity index (χ3v) is 4.25. The Kier molecular flexibility index (Phi) is 8.47. The van der Waals surface area contributed by atoms with Gasteiger partial charge in [-0.3, -0.25) is 4.79 Å². The Morgan fingerprint density at radius 3 is 2.45 bits per heavy atom. The molecule has 0 aliphatic carbocycles. The highest BCUT2D eigenvalue weighted by Gasteiger charge is 2.12. The van der Waals surface area contributed by atoms with Crippen molar-refractivity contribution >= 4 is 5.78 Å². The van der Waals surface area contributed by atoms with Gasteiger partial charge in [0.1, 0.15) is 11.6 Å². The first kappa shape index (κ1) is 18.4. The second kappa shape index (κ2) is 10.1. The van der Waals surface area contributed by atoms with Gasteiger partial charge in [-0.1, -0.05) is 44.9 Å². The van der Waals surface area contributed by atoms with Crippen LogP contribution in [0.5, 0.6) is 0 Å². The largest absolute Gasteiger partial charge is 0.300 e. The zero-order chi connectivity index (χ0) is 16.4. The van der Waals surface area contributed by atoms with Crippen molar-refractivity contribution in [3.8, 4) is 0 Å². The highest BCUT2D eigenvalue weighted by Crippen LogP contribution is 2.23. The number of carbonyl (C=O) groups excluding carboxylic acids is 1. The third-order valence-electron chi connectivity index (χ3n) is 4.25. The molecule has 0 saturated carbocycles. The van der Waals surface area contributed by atoms with Crippen LogP contribution in [0.3, 0.4) is 0 Å². The standard InChI is InChI=1S/C20H27FO/c1-4-5-10-19(17(3)22)11-8-6-7-9-16(2)18-12-14-20(21)15-13-18/h5,12-16,19H,1,6-11H2,2-3H3. The Morgan fingerprint density at radius 1 is 1.23 bits per heavy atom. The maximum atomic E-state index is 12.9. The molecule has 0 fully saturated rings. The number of ketones is 1. The Bertz CT molecular complexity index is 497. The number of benzene rings is 1. The number of carbonyl (C=O) groups is 1. The summed E-state index contributed by atoms with van der Waals surface area (Å²) in [6, 6.07) is 6.79. The first-order chi connectivity index (χ1) is 10.5. The van der Waals surface area contributed by atoms with Gasteiger partial charge in [-0.25, -0.2) is 4.39 Å². The normalized spacial score (nSPS) is 13.2. The molecule has 1 aromatic rings. The molecule has 2 atom stereocenters. The maximum absolute atomic E-state index is 12.9. The monoisotopic (exact) mass is 302 g/mol. The van der Waals surface area contributed by atoms with E-state index in [0.717, 1.165) is 38.5 Å². The quantitative estimate of drug-likeness (QED) is 0.393. The SMILES string of the molecule is C=C=CCC(CCCCCC(C)c1ccc(F)cc1)C(C)=O. The van der Waals surface area contributed by atoms with E-state index in [-0.39, 0.29) is 17.5 Å². The molecule has 2 heteroatoms. The van der Waals surface area contributed by atoms with Crippen molar-refractivity contribution in [2.45, 2.75) is 58.3 Å². The summed E-state index contributed by atoms with van der Waals surface area (Å²) in [5.74, 6) is 0.641. The molecule has 1 aromatic carbocycles. The summed E-state index contributed by atoms with van der Waals surface area (Å²) in [6.07, 6.45) is 7.99. The van der Waals surface area contributed by atoms with Crippen molar-refractivity contribution in [3.63, 3.8) is 0 Å². The van der Waals surface area contributed by atoms with Crippen LogP contribution in [0.15, 0.2) is 42.7 Å². The lowest BCUT2D eigenvalue weighted by Crippen LogP contribution is -2.09. The minimum atomic E-state index is -0.181. The van der Waals surface area contributed by atoms with E-state index in [1.807, 2.05) is 18.2 Å². The predicted octanol–water partition coefficient (Wildman–Crippen LogP) is 5.82. The third kappa shape index (κ3) is 6.87. The summed E-state index contributed by atoms with van der Waals surface area (Å²) in [7, 11) is 0. The molecule has 0 amide bonds. The van der Waals surface area contributed by atoms with Crippen molar-refractivity contribution in [1.29, 1.82) is 0 Å². The fraction of sp³-hybridized carbons (Fsp3) is 0.500. The van der Waals surface area contributed by atoms with Crippen LogP contribution in [-0.2, 0) is 4.79 Å². The Hall–Kier alpha value is -1.66. The molecule has 0 saturated heterocycles. The number of hydrogen-bond acceptors (Lipinski definition) is 1. The van der Waals surface area contributed by atoms with Crippen LogP contribution >= 0.6 is 0 Å². The highest BCUT2D eigenvalue weighted by atomic mass is 19.1. The van der Waals surface area contributed by atoms with E-state index in [1.165, 1.54) is 17.7 Å². The minimum absolute atomic E-state index is 0.115. The molecular formula is C20H27FO. The highest BCUT2D eigenvalue weighted by molar-refractivity contribution is 5.78. The molecular weight excluding hydrogens is 275 g/mol. The molecule has 0 spiro atoms. The van der Waals surface area contributed by atoms with Crippen molar-refractivity contribution in [3.05, 3.63) is 54.0 Å². The number of Topliss-reactive ketones (excluding diaryl/α,β-unsaturated/α-hetero) is 1. The van der Waals surface area contributed by atoms with Crippen LogP contribution in [0.2, 0.25) is 0 Å². The minimum Gasteiger partial charge on any atom is -0.300 e. The lowest BCUT2D eigenvalue weighted by atomic mass is 9.92. The smallest absolute Gasteiger partial charge is 0.133 e. The van der Waals surface area contributed by atoms with Gasteiger partial charge in [0, 0.05) is 5.92 Å². The zero-order valence-corrected chi connectivity index (χ0v) is 13.8. The average Bonchev–Trinajstić information content (AvgIpc) is 2.50. The first-order valence-electron chi connectivity index (χ1n) is 8.14. The van der Waals surface area contributed by atoms with Gasteiger partial charge in [-0.05, 0) is 55.9 Å². The molecule has 0 aromatic heterocycles. The second-order valence-electron chi connectivity index (χ2n) is 6.04. The van der Waals surface area contributed by atoms with Gasteiger partial charge in [-0.15, -0.1) is 5.73 Å². The van der Waals surface area contributed by atoms with Crippen LogP contribution in [-0.4, -0.2) is 5.78 Å². The Balaban J connectivity index is 2.25. The summed E-state index contributed by atoms with van der Waals surface area (Å²) in [4.78, 5) is 11.5. The fourth-order valence-corrected chi connectivity index (χ4v) is 2.69. The Labute approximate surface area is 133 Å². The molecule has 120 valence electrons. The van der Waals surface area contributed by atoms with Crippen LogP contribution < -0.4 is 0 Å². The molecule has 0 heterocycles. The van der Waals surface area contributed by atoms with Gasteiger partial charge in [0.15, 0.2) is 0 Å². The van der Waals surface area contributed by atoms with E-state index in [2.05, 4.69) is 19.2 Å². The van der Waals surface area contributed by atoms with Gasteiger partial charge >= 0.3 is 0 Å². The maximum Gasteiger partial charge on any atom is 0.133 e. The number of halogens is 1. The van der Waals surface area contributed by atoms with E-state index < -0.39 is 0 Å². The molecule has 1 rings (SSSR count). The van der Waals surface area contributed by atoms with Crippen molar-refractivity contribution in [2.24, 2.45) is 5.92 Å². The molecule has 0 bridgehead atoms. The van der Waals surface area contributed by atoms with Gasteiger partial charge < -0.3 is 0 Å². The van der Waals surface area contributed by atoms with E-state index in [9.17, 15) is 9.18 Å². The van der Waals surface area contributed by atoms with Gasteiger partial charge in [0.05, 0.1) is 0 Å². The zero-order valence-electron chi connectivity index (χ0n) is 13.8. The van der Waals surface area contributed by atoms with Gasteiger partial charge in [0.2, 0.25) is 0 Å². The van der Waals surface area contributed by atoms with Crippen molar-refractivity contribution < 1.29 is 9.18 Å². The number of rotatable bonds is 10. The van der Waals surface area contributed by atoms with Crippen LogP contribution in [0.1, 0.15) is 63.9 Å². The van der Waals surface area contributed by atoms with Crippen molar-refractivity contribution in [1.82, 2.24) is 0 Å². The molecule has 0 N–H and O–H groups in total. The Morgan fingerprint density at radius 2 is 1.86 bits per heavy atom. The van der Waals surface area contributed by atoms with E-state index in [1.54, 1.807) is 6.92 Å². The van der Waals surface area contributed by atoms with Crippen molar-refractivity contribution in [2.75, 3.05) is 0 Å². The lowest BCUT2D eigenvalue weighted by Gasteiger charge is -2.13. The van der Waals surface area contributed by atoms with Crippen LogP contribution in [0.25, 0.3) is 0 Å². The molecule has 0 aliphatic heterocycles. The molecule has 22 heavy (non-hydrogen) atoms. The first-order valence-corrected chi connectivity index (χ1v) is 8.14.